The van der Waals surface area contributed by atoms with Crippen molar-refractivity contribution in [3.8, 4) is 11.1 Å². The molecule has 0 amide bonds. The summed E-state index contributed by atoms with van der Waals surface area (Å²) in [6, 6.07) is 14.6. The van der Waals surface area contributed by atoms with E-state index in [-0.39, 0.29) is 0 Å². The molecule has 21 heavy (non-hydrogen) atoms. The number of nitrogens with zero attached hydrogens (tertiary/aromatic N) is 1. The minimum atomic E-state index is 0.707. The molecular formula is C18H18N2O. The summed E-state index contributed by atoms with van der Waals surface area (Å²) >= 11 is 0. The number of rotatable bonds is 4. The Kier molecular flexibility index (Phi) is 3.59. The molecule has 1 aromatic heterocycles. The van der Waals surface area contributed by atoms with Gasteiger partial charge in [0.05, 0.1) is 0 Å². The number of carbonyl (C=O) groups is 1. The number of carbonyl (C=O) groups excluding carboxylic acids is 1. The summed E-state index contributed by atoms with van der Waals surface area (Å²) in [6.07, 6.45) is 2.64. The average molecular weight is 278 g/mol. The van der Waals surface area contributed by atoms with Crippen molar-refractivity contribution in [3.05, 3.63) is 59.8 Å². The van der Waals surface area contributed by atoms with Crippen LogP contribution in [0.5, 0.6) is 0 Å². The largest absolute Gasteiger partial charge is 0.360 e. The Morgan fingerprint density at radius 3 is 2.71 bits per heavy atom. The predicted octanol–water partition coefficient (Wildman–Crippen LogP) is 3.71. The Hall–Kier alpha value is -2.39. The number of aldehydes is 1. The molecule has 3 aromatic rings. The molecular weight excluding hydrogens is 260 g/mol. The van der Waals surface area contributed by atoms with Crippen molar-refractivity contribution in [2.24, 2.45) is 0 Å². The minimum absolute atomic E-state index is 0.707. The first-order valence-corrected chi connectivity index (χ1v) is 6.98. The van der Waals surface area contributed by atoms with E-state index in [0.29, 0.717) is 5.56 Å². The van der Waals surface area contributed by atoms with Gasteiger partial charge in [0.2, 0.25) is 0 Å². The molecule has 2 aromatic carbocycles. The average Bonchev–Trinajstić information content (AvgIpc) is 2.89. The molecule has 0 aliphatic carbocycles. The van der Waals surface area contributed by atoms with Gasteiger partial charge >= 0.3 is 0 Å². The molecule has 0 unspecified atom stereocenters. The molecule has 3 rings (SSSR count). The lowest BCUT2D eigenvalue weighted by Crippen LogP contribution is -2.11. The van der Waals surface area contributed by atoms with E-state index < -0.39 is 0 Å². The molecule has 3 nitrogen and oxygen atoms in total. The van der Waals surface area contributed by atoms with E-state index >= 15 is 0 Å². The molecule has 3 heteroatoms. The van der Waals surface area contributed by atoms with Crippen LogP contribution in [-0.4, -0.2) is 30.3 Å². The Morgan fingerprint density at radius 1 is 1.14 bits per heavy atom. The lowest BCUT2D eigenvalue weighted by atomic mass is 9.98. The molecule has 0 aliphatic heterocycles. The zero-order valence-electron chi connectivity index (χ0n) is 12.3. The van der Waals surface area contributed by atoms with Crippen LogP contribution in [0.15, 0.2) is 48.7 Å². The highest BCUT2D eigenvalue weighted by Crippen LogP contribution is 2.28. The van der Waals surface area contributed by atoms with Gasteiger partial charge in [-0.05, 0) is 36.9 Å². The van der Waals surface area contributed by atoms with Gasteiger partial charge in [-0.1, -0.05) is 36.4 Å². The molecule has 0 atom stereocenters. The van der Waals surface area contributed by atoms with Crippen molar-refractivity contribution in [2.45, 2.75) is 6.54 Å². The van der Waals surface area contributed by atoms with Crippen LogP contribution in [0.3, 0.4) is 0 Å². The first-order valence-electron chi connectivity index (χ1n) is 6.98. The van der Waals surface area contributed by atoms with E-state index in [4.69, 9.17) is 0 Å². The number of H-pyrrole nitrogens is 1. The van der Waals surface area contributed by atoms with Crippen molar-refractivity contribution in [1.82, 2.24) is 9.88 Å². The van der Waals surface area contributed by atoms with Gasteiger partial charge in [-0.3, -0.25) is 4.79 Å². The van der Waals surface area contributed by atoms with E-state index in [0.717, 1.165) is 23.7 Å². The fourth-order valence-electron chi connectivity index (χ4n) is 2.69. The van der Waals surface area contributed by atoms with E-state index in [1.165, 1.54) is 16.7 Å². The number of aromatic amines is 1. The quantitative estimate of drug-likeness (QED) is 0.738. The fourth-order valence-corrected chi connectivity index (χ4v) is 2.69. The van der Waals surface area contributed by atoms with Gasteiger partial charge in [0.1, 0.15) is 0 Å². The molecule has 0 aliphatic rings. The lowest BCUT2D eigenvalue weighted by Gasteiger charge is -2.14. The number of nitrogens with one attached hydrogen (secondary N) is 1. The number of fused-ring (bicyclic) bond motifs is 1. The van der Waals surface area contributed by atoms with Crippen LogP contribution in [0.2, 0.25) is 0 Å². The molecule has 1 heterocycles. The normalized spacial score (nSPS) is 11.2. The maximum absolute atomic E-state index is 11.0. The summed E-state index contributed by atoms with van der Waals surface area (Å²) in [7, 11) is 4.14. The van der Waals surface area contributed by atoms with Gasteiger partial charge in [0.25, 0.3) is 0 Å². The maximum Gasteiger partial charge on any atom is 0.152 e. The van der Waals surface area contributed by atoms with Crippen LogP contribution in [0.25, 0.3) is 22.0 Å². The van der Waals surface area contributed by atoms with Gasteiger partial charge in [-0.15, -0.1) is 0 Å². The van der Waals surface area contributed by atoms with Gasteiger partial charge in [-0.25, -0.2) is 0 Å². The van der Waals surface area contributed by atoms with Crippen molar-refractivity contribution < 1.29 is 4.79 Å². The molecule has 1 N–H and O–H groups in total. The van der Waals surface area contributed by atoms with E-state index in [1.54, 1.807) is 6.20 Å². The lowest BCUT2D eigenvalue weighted by molar-refractivity contribution is 0.112. The molecule has 106 valence electrons. The third-order valence-electron chi connectivity index (χ3n) is 3.66. The third-order valence-corrected chi connectivity index (χ3v) is 3.66. The second-order valence-corrected chi connectivity index (χ2v) is 5.52. The Morgan fingerprint density at radius 2 is 1.95 bits per heavy atom. The first-order chi connectivity index (χ1) is 10.2. The van der Waals surface area contributed by atoms with E-state index in [2.05, 4.69) is 60.4 Å². The van der Waals surface area contributed by atoms with Crippen LogP contribution < -0.4 is 0 Å². The number of hydrogen-bond donors (Lipinski definition) is 1. The maximum atomic E-state index is 11.0. The fraction of sp³-hybridized carbons (Fsp3) is 0.167. The molecule has 0 bridgehead atoms. The SMILES string of the molecule is CN(C)Cc1ccccc1-c1ccc2c(C=O)c[nH]c2c1. The van der Waals surface area contributed by atoms with Crippen molar-refractivity contribution in [3.63, 3.8) is 0 Å². The highest BCUT2D eigenvalue weighted by atomic mass is 16.1. The predicted molar refractivity (Wildman–Crippen MR) is 86.5 cm³/mol. The topological polar surface area (TPSA) is 36.1 Å². The first kappa shape index (κ1) is 13.6. The van der Waals surface area contributed by atoms with Crippen LogP contribution >= 0.6 is 0 Å². The van der Waals surface area contributed by atoms with E-state index in [9.17, 15) is 4.79 Å². The zero-order chi connectivity index (χ0) is 14.8. The standard InChI is InChI=1S/C18H18N2O/c1-20(2)11-14-5-3-4-6-16(14)13-7-8-17-15(12-21)10-19-18(17)9-13/h3-10,12,19H,11H2,1-2H3. The second kappa shape index (κ2) is 5.54. The van der Waals surface area contributed by atoms with Gasteiger partial charge < -0.3 is 9.88 Å². The van der Waals surface area contributed by atoms with Crippen LogP contribution in [0.4, 0.5) is 0 Å². The van der Waals surface area contributed by atoms with Gasteiger partial charge in [0, 0.05) is 29.2 Å². The van der Waals surface area contributed by atoms with Crippen LogP contribution in [0, 0.1) is 0 Å². The summed E-state index contributed by atoms with van der Waals surface area (Å²) in [5.41, 5.74) is 5.39. The summed E-state index contributed by atoms with van der Waals surface area (Å²) in [6.45, 7) is 0.901. The summed E-state index contributed by atoms with van der Waals surface area (Å²) in [4.78, 5) is 16.3. The second-order valence-electron chi connectivity index (χ2n) is 5.52. The number of benzene rings is 2. The Bertz CT molecular complexity index is 787. The van der Waals surface area contributed by atoms with Gasteiger partial charge in [-0.2, -0.15) is 0 Å². The Balaban J connectivity index is 2.10. The van der Waals surface area contributed by atoms with Crippen LogP contribution in [0.1, 0.15) is 15.9 Å². The minimum Gasteiger partial charge on any atom is -0.360 e. The smallest absolute Gasteiger partial charge is 0.152 e. The molecule has 0 spiro atoms. The van der Waals surface area contributed by atoms with Crippen molar-refractivity contribution in [2.75, 3.05) is 14.1 Å². The highest BCUT2D eigenvalue weighted by Gasteiger charge is 2.08. The van der Waals surface area contributed by atoms with Crippen molar-refractivity contribution in [1.29, 1.82) is 0 Å². The molecule has 0 fully saturated rings. The summed E-state index contributed by atoms with van der Waals surface area (Å²) in [5.74, 6) is 0. The van der Waals surface area contributed by atoms with E-state index in [1.807, 2.05) is 6.07 Å². The number of hydrogen-bond acceptors (Lipinski definition) is 2. The molecule has 0 radical (unpaired) electrons. The highest BCUT2D eigenvalue weighted by molar-refractivity contribution is 5.98. The van der Waals surface area contributed by atoms with Crippen molar-refractivity contribution >= 4 is 17.2 Å². The van der Waals surface area contributed by atoms with Crippen LogP contribution in [-0.2, 0) is 6.54 Å². The van der Waals surface area contributed by atoms with Gasteiger partial charge in [0.15, 0.2) is 6.29 Å². The summed E-state index contributed by atoms with van der Waals surface area (Å²) < 4.78 is 0. The zero-order valence-corrected chi connectivity index (χ0v) is 12.3. The third kappa shape index (κ3) is 2.60. The monoisotopic (exact) mass is 278 g/mol. The summed E-state index contributed by atoms with van der Waals surface area (Å²) in [5, 5.41) is 0.971. The molecule has 0 saturated heterocycles. The molecule has 0 saturated carbocycles. The number of aromatic nitrogens is 1. The Labute approximate surface area is 124 Å².